The number of nitro groups is 1. The number of methoxy groups -OCH3 is 1. The summed E-state index contributed by atoms with van der Waals surface area (Å²) in [5.41, 5.74) is 1.11. The highest BCUT2D eigenvalue weighted by Gasteiger charge is 2.32. The molecule has 1 amide bonds. The molecule has 1 unspecified atom stereocenters. The van der Waals surface area contributed by atoms with E-state index in [0.29, 0.717) is 30.8 Å². The number of benzene rings is 1. The van der Waals surface area contributed by atoms with E-state index < -0.39 is 22.7 Å². The molecule has 0 saturated heterocycles. The number of dihydropyridines is 1. The number of nitrogens with zero attached hydrogens (tertiary/aromatic N) is 1. The lowest BCUT2D eigenvalue weighted by Crippen LogP contribution is -2.37. The van der Waals surface area contributed by atoms with Crippen molar-refractivity contribution < 1.29 is 24.4 Å². The summed E-state index contributed by atoms with van der Waals surface area (Å²) in [6.45, 7) is 2.97. The maximum Gasteiger partial charge on any atom is 0.334 e. The van der Waals surface area contributed by atoms with Crippen molar-refractivity contribution in [1.82, 2.24) is 10.6 Å². The third-order valence-electron chi connectivity index (χ3n) is 4.85. The van der Waals surface area contributed by atoms with Crippen LogP contribution in [0.4, 0.5) is 5.69 Å². The number of carboxylic acid groups (broad SMARTS) is 1. The summed E-state index contributed by atoms with van der Waals surface area (Å²) in [6, 6.07) is 5.70. The Balaban J connectivity index is 2.26. The van der Waals surface area contributed by atoms with Crippen molar-refractivity contribution >= 4 is 17.6 Å². The Bertz CT molecular complexity index is 845. The molecule has 3 N–H and O–H groups in total. The van der Waals surface area contributed by atoms with E-state index in [2.05, 4.69) is 10.6 Å². The van der Waals surface area contributed by atoms with E-state index in [4.69, 9.17) is 4.74 Å². The number of carbonyl (C=O) groups is 2. The van der Waals surface area contributed by atoms with Crippen molar-refractivity contribution in [2.24, 2.45) is 0 Å². The highest BCUT2D eigenvalue weighted by atomic mass is 16.6. The predicted octanol–water partition coefficient (Wildman–Crippen LogP) is 2.85. The van der Waals surface area contributed by atoms with Gasteiger partial charge in [-0.25, -0.2) is 4.79 Å². The molecular weight excluding hydrogens is 390 g/mol. The number of hydrogen-bond acceptors (Lipinski definition) is 6. The average Bonchev–Trinajstić information content (AvgIpc) is 2.74. The number of carboxylic acids is 1. The third-order valence-corrected chi connectivity index (χ3v) is 4.85. The lowest BCUT2D eigenvalue weighted by atomic mass is 9.86. The van der Waals surface area contributed by atoms with Crippen LogP contribution in [-0.4, -0.2) is 42.2 Å². The second-order valence-electron chi connectivity index (χ2n) is 6.90. The van der Waals surface area contributed by atoms with Crippen LogP contribution in [0.1, 0.15) is 44.1 Å². The molecule has 1 heterocycles. The average molecular weight is 417 g/mol. The van der Waals surface area contributed by atoms with Crippen molar-refractivity contribution in [3.05, 3.63) is 63.0 Å². The molecule has 1 atom stereocenters. The van der Waals surface area contributed by atoms with E-state index in [9.17, 15) is 24.8 Å². The van der Waals surface area contributed by atoms with E-state index in [1.54, 1.807) is 13.2 Å². The number of amides is 1. The summed E-state index contributed by atoms with van der Waals surface area (Å²) < 4.78 is 4.99. The van der Waals surface area contributed by atoms with E-state index in [1.165, 1.54) is 24.3 Å². The summed E-state index contributed by atoms with van der Waals surface area (Å²) in [4.78, 5) is 35.2. The Morgan fingerprint density at radius 1 is 1.23 bits per heavy atom. The largest absolute Gasteiger partial charge is 0.478 e. The summed E-state index contributed by atoms with van der Waals surface area (Å²) in [5.74, 6) is -2.39. The van der Waals surface area contributed by atoms with Crippen LogP contribution in [0.25, 0.3) is 0 Å². The standard InChI is InChI=1S/C21H27N3O6/c1-3-15-13-17(14-7-9-16(10-8-14)24(28)29)18(21(26)27)19(23-15)20(25)22-11-5-4-6-12-30-2/h7-10,13,17,23H,3-6,11-12H2,1-2H3,(H,22,25)(H,26,27). The number of nitrogens with one attached hydrogen (secondary N) is 2. The van der Waals surface area contributed by atoms with Gasteiger partial charge in [0.1, 0.15) is 5.70 Å². The van der Waals surface area contributed by atoms with Gasteiger partial charge in [-0.1, -0.05) is 25.1 Å². The number of allylic oxidation sites excluding steroid dienone is 2. The first-order chi connectivity index (χ1) is 14.4. The van der Waals surface area contributed by atoms with Gasteiger partial charge in [0, 0.05) is 44.0 Å². The molecule has 9 nitrogen and oxygen atoms in total. The van der Waals surface area contributed by atoms with Gasteiger partial charge < -0.3 is 20.5 Å². The van der Waals surface area contributed by atoms with Gasteiger partial charge >= 0.3 is 5.97 Å². The number of nitro benzene ring substituents is 1. The summed E-state index contributed by atoms with van der Waals surface area (Å²) >= 11 is 0. The molecule has 9 heteroatoms. The topological polar surface area (TPSA) is 131 Å². The summed E-state index contributed by atoms with van der Waals surface area (Å²) in [5, 5.41) is 26.5. The van der Waals surface area contributed by atoms with E-state index in [0.717, 1.165) is 19.3 Å². The zero-order valence-corrected chi connectivity index (χ0v) is 17.1. The number of carbonyl (C=O) groups excluding carboxylic acids is 1. The maximum atomic E-state index is 12.7. The molecule has 30 heavy (non-hydrogen) atoms. The van der Waals surface area contributed by atoms with Crippen molar-refractivity contribution in [3.63, 3.8) is 0 Å². The molecule has 0 fully saturated rings. The Morgan fingerprint density at radius 2 is 1.93 bits per heavy atom. The second kappa shape index (κ2) is 11.1. The molecule has 0 aliphatic carbocycles. The van der Waals surface area contributed by atoms with Crippen LogP contribution in [0.2, 0.25) is 0 Å². The fourth-order valence-electron chi connectivity index (χ4n) is 3.24. The lowest BCUT2D eigenvalue weighted by molar-refractivity contribution is -0.384. The Morgan fingerprint density at radius 3 is 2.50 bits per heavy atom. The van der Waals surface area contributed by atoms with Gasteiger partial charge in [-0.3, -0.25) is 14.9 Å². The molecule has 1 aliphatic rings. The van der Waals surface area contributed by atoms with Gasteiger partial charge in [-0.2, -0.15) is 0 Å². The SMILES string of the molecule is CCC1=CC(c2ccc([N+](=O)[O-])cc2)C(C(=O)O)=C(C(=O)NCCCCCOC)N1. The minimum absolute atomic E-state index is 0.00194. The molecule has 0 spiro atoms. The number of unbranched alkanes of at least 4 members (excludes halogenated alkanes) is 2. The normalized spacial score (nSPS) is 15.9. The highest BCUT2D eigenvalue weighted by Crippen LogP contribution is 2.33. The van der Waals surface area contributed by atoms with Crippen molar-refractivity contribution in [1.29, 1.82) is 0 Å². The van der Waals surface area contributed by atoms with Gasteiger partial charge in [0.05, 0.1) is 10.5 Å². The minimum atomic E-state index is -1.22. The van der Waals surface area contributed by atoms with Crippen LogP contribution in [0, 0.1) is 10.1 Å². The molecule has 162 valence electrons. The number of ether oxygens (including phenoxy) is 1. The number of rotatable bonds is 11. The molecule has 0 saturated carbocycles. The van der Waals surface area contributed by atoms with Crippen molar-refractivity contribution in [2.75, 3.05) is 20.3 Å². The maximum absolute atomic E-state index is 12.7. The number of non-ortho nitro benzene ring substituents is 1. The van der Waals surface area contributed by atoms with Gasteiger partial charge in [0.2, 0.25) is 0 Å². The van der Waals surface area contributed by atoms with Gasteiger partial charge in [0.25, 0.3) is 11.6 Å². The number of aliphatic carboxylic acids is 1. The van der Waals surface area contributed by atoms with Gasteiger partial charge in [0.15, 0.2) is 0 Å². The van der Waals surface area contributed by atoms with Crippen LogP contribution in [0.15, 0.2) is 47.3 Å². The first kappa shape index (κ1) is 23.1. The second-order valence-corrected chi connectivity index (χ2v) is 6.90. The monoisotopic (exact) mass is 417 g/mol. The first-order valence-electron chi connectivity index (χ1n) is 9.85. The summed E-state index contributed by atoms with van der Waals surface area (Å²) in [7, 11) is 1.64. The quantitative estimate of drug-likeness (QED) is 0.287. The lowest BCUT2D eigenvalue weighted by Gasteiger charge is -2.26. The summed E-state index contributed by atoms with van der Waals surface area (Å²) in [6.07, 6.45) is 4.85. The van der Waals surface area contributed by atoms with E-state index >= 15 is 0 Å². The van der Waals surface area contributed by atoms with Crippen LogP contribution >= 0.6 is 0 Å². The molecule has 1 aliphatic heterocycles. The molecule has 1 aromatic rings. The van der Waals surface area contributed by atoms with Crippen LogP contribution in [0.3, 0.4) is 0 Å². The molecule has 0 bridgehead atoms. The Kier molecular flexibility index (Phi) is 8.54. The predicted molar refractivity (Wildman–Crippen MR) is 111 cm³/mol. The minimum Gasteiger partial charge on any atom is -0.478 e. The van der Waals surface area contributed by atoms with Crippen molar-refractivity contribution in [3.8, 4) is 0 Å². The van der Waals surface area contributed by atoms with Gasteiger partial charge in [-0.15, -0.1) is 0 Å². The zero-order valence-electron chi connectivity index (χ0n) is 17.1. The fraction of sp³-hybridized carbons (Fsp3) is 0.429. The zero-order chi connectivity index (χ0) is 22.1. The molecule has 0 aromatic heterocycles. The fourth-order valence-corrected chi connectivity index (χ4v) is 3.24. The molecule has 0 radical (unpaired) electrons. The van der Waals surface area contributed by atoms with E-state index in [-0.39, 0.29) is 17.0 Å². The van der Waals surface area contributed by atoms with Gasteiger partial charge in [-0.05, 0) is 31.2 Å². The molecule has 1 aromatic carbocycles. The number of hydrogen-bond donors (Lipinski definition) is 3. The van der Waals surface area contributed by atoms with Crippen LogP contribution in [0.5, 0.6) is 0 Å². The van der Waals surface area contributed by atoms with E-state index in [1.807, 2.05) is 6.92 Å². The smallest absolute Gasteiger partial charge is 0.334 e. The Labute approximate surface area is 175 Å². The first-order valence-corrected chi connectivity index (χ1v) is 9.85. The van der Waals surface area contributed by atoms with Crippen LogP contribution < -0.4 is 10.6 Å². The molecular formula is C21H27N3O6. The third kappa shape index (κ3) is 5.90. The Hall–Kier alpha value is -3.20. The molecule has 2 rings (SSSR count). The highest BCUT2D eigenvalue weighted by molar-refractivity contribution is 6.03. The van der Waals surface area contributed by atoms with Crippen LogP contribution in [-0.2, 0) is 14.3 Å². The van der Waals surface area contributed by atoms with Crippen molar-refractivity contribution in [2.45, 2.75) is 38.5 Å².